The first-order valence-corrected chi connectivity index (χ1v) is 16.0. The van der Waals surface area contributed by atoms with Gasteiger partial charge in [0.25, 0.3) is 11.8 Å². The first kappa shape index (κ1) is 30.5. The van der Waals surface area contributed by atoms with E-state index in [0.29, 0.717) is 23.6 Å². The average Bonchev–Trinajstić information content (AvgIpc) is 3.24. The molecule has 6 rings (SSSR count). The van der Waals surface area contributed by atoms with Gasteiger partial charge >= 0.3 is 0 Å². The average molecular weight is 607 g/mol. The second-order valence-electron chi connectivity index (χ2n) is 12.1. The number of aromatic nitrogens is 4. The highest BCUT2D eigenvalue weighted by Crippen LogP contribution is 2.35. The second kappa shape index (κ2) is 12.8. The van der Waals surface area contributed by atoms with E-state index in [1.807, 2.05) is 49.3 Å². The van der Waals surface area contributed by atoms with Crippen LogP contribution in [0.25, 0.3) is 11.4 Å². The number of para-hydroxylation sites is 1. The van der Waals surface area contributed by atoms with Crippen molar-refractivity contribution in [2.24, 2.45) is 7.05 Å². The number of hydrogen-bond acceptors (Lipinski definition) is 7. The van der Waals surface area contributed by atoms with Gasteiger partial charge in [0.1, 0.15) is 0 Å². The van der Waals surface area contributed by atoms with Gasteiger partial charge in [-0.05, 0) is 93.1 Å². The summed E-state index contributed by atoms with van der Waals surface area (Å²) in [4.78, 5) is 40.6. The molecule has 10 nitrogen and oxygen atoms in total. The molecule has 0 radical (unpaired) electrons. The summed E-state index contributed by atoms with van der Waals surface area (Å²) in [7, 11) is 3.96. The van der Waals surface area contributed by atoms with Crippen molar-refractivity contribution in [3.05, 3.63) is 81.7 Å². The van der Waals surface area contributed by atoms with Gasteiger partial charge in [-0.15, -0.1) is 0 Å². The van der Waals surface area contributed by atoms with Crippen molar-refractivity contribution >= 4 is 29.1 Å². The van der Waals surface area contributed by atoms with Crippen LogP contribution in [0, 0.1) is 6.92 Å². The van der Waals surface area contributed by atoms with Crippen molar-refractivity contribution in [2.45, 2.75) is 52.9 Å². The summed E-state index contributed by atoms with van der Waals surface area (Å²) >= 11 is 0. The van der Waals surface area contributed by atoms with Crippen LogP contribution in [-0.2, 0) is 32.7 Å². The monoisotopic (exact) mass is 606 g/mol. The van der Waals surface area contributed by atoms with Crippen LogP contribution < -0.4 is 10.6 Å². The fourth-order valence-corrected chi connectivity index (χ4v) is 6.46. The Morgan fingerprint density at radius 3 is 2.47 bits per heavy atom. The molecule has 10 heteroatoms. The molecule has 2 amide bonds. The Kier molecular flexibility index (Phi) is 8.67. The van der Waals surface area contributed by atoms with E-state index in [0.717, 1.165) is 102 Å². The molecule has 45 heavy (non-hydrogen) atoms. The molecule has 0 saturated carbocycles. The number of hydrogen-bond donors (Lipinski definition) is 2. The maximum absolute atomic E-state index is 13.6. The molecule has 1 saturated heterocycles. The second-order valence-corrected chi connectivity index (χ2v) is 12.1. The fourth-order valence-electron chi connectivity index (χ4n) is 6.46. The summed E-state index contributed by atoms with van der Waals surface area (Å²) < 4.78 is 1.76. The molecule has 234 valence electrons. The topological polar surface area (TPSA) is 108 Å². The molecular formula is C35H42N8O2. The molecule has 1 aliphatic carbocycles. The van der Waals surface area contributed by atoms with E-state index in [-0.39, 0.29) is 11.8 Å². The highest BCUT2D eigenvalue weighted by molar-refractivity contribution is 6.06. The molecule has 2 aliphatic rings. The lowest BCUT2D eigenvalue weighted by Crippen LogP contribution is -2.34. The molecular weight excluding hydrogens is 564 g/mol. The van der Waals surface area contributed by atoms with Crippen LogP contribution in [0.1, 0.15) is 68.9 Å². The number of carbonyl (C=O) groups is 2. The number of amides is 2. The number of benzene rings is 2. The summed E-state index contributed by atoms with van der Waals surface area (Å²) in [6.45, 7) is 9.59. The molecule has 1 fully saturated rings. The van der Waals surface area contributed by atoms with Gasteiger partial charge in [0.2, 0.25) is 5.95 Å². The quantitative estimate of drug-likeness (QED) is 0.298. The Morgan fingerprint density at radius 2 is 1.73 bits per heavy atom. The highest BCUT2D eigenvalue weighted by Gasteiger charge is 2.29. The molecule has 2 aromatic carbocycles. The molecule has 3 heterocycles. The van der Waals surface area contributed by atoms with Crippen molar-refractivity contribution in [3.8, 4) is 11.4 Å². The van der Waals surface area contributed by atoms with Gasteiger partial charge in [-0.2, -0.15) is 5.10 Å². The van der Waals surface area contributed by atoms with E-state index in [9.17, 15) is 9.59 Å². The van der Waals surface area contributed by atoms with Gasteiger partial charge < -0.3 is 20.4 Å². The van der Waals surface area contributed by atoms with Crippen LogP contribution in [0.3, 0.4) is 0 Å². The van der Waals surface area contributed by atoms with Crippen LogP contribution in [0.15, 0.2) is 42.6 Å². The van der Waals surface area contributed by atoms with Gasteiger partial charge in [-0.3, -0.25) is 14.3 Å². The Morgan fingerprint density at radius 1 is 0.956 bits per heavy atom. The molecule has 4 aromatic rings. The van der Waals surface area contributed by atoms with Gasteiger partial charge in [0.15, 0.2) is 5.69 Å². The van der Waals surface area contributed by atoms with Gasteiger partial charge in [-0.25, -0.2) is 9.97 Å². The standard InChI is InChI=1S/C35H42N8O2/c1-6-23-10-8-11-24(7-2)29(23)38-33(44)31-27-14-12-26-21-36-35(39-30(26)32(27)42(5)40-31)37-28-15-13-25(20-22(28)3)34(45)43-17-9-16-41(4)18-19-43/h8,10-11,13,15,20-21H,6-7,9,12,14,16-19H2,1-5H3,(H,38,44)(H,36,37,39). The summed E-state index contributed by atoms with van der Waals surface area (Å²) in [6.07, 6.45) is 5.91. The predicted molar refractivity (Wildman–Crippen MR) is 177 cm³/mol. The molecule has 2 aromatic heterocycles. The van der Waals surface area contributed by atoms with E-state index in [1.165, 1.54) is 0 Å². The van der Waals surface area contributed by atoms with Crippen molar-refractivity contribution in [1.82, 2.24) is 29.5 Å². The summed E-state index contributed by atoms with van der Waals surface area (Å²) in [5, 5.41) is 11.2. The normalized spacial score (nSPS) is 14.8. The van der Waals surface area contributed by atoms with Crippen LogP contribution in [-0.4, -0.2) is 74.6 Å². The van der Waals surface area contributed by atoms with E-state index in [2.05, 4.69) is 58.6 Å². The minimum Gasteiger partial charge on any atom is -0.337 e. The predicted octanol–water partition coefficient (Wildman–Crippen LogP) is 5.18. The Hall–Kier alpha value is -4.57. The van der Waals surface area contributed by atoms with E-state index < -0.39 is 0 Å². The lowest BCUT2D eigenvalue weighted by atomic mass is 9.93. The smallest absolute Gasteiger partial charge is 0.276 e. The van der Waals surface area contributed by atoms with E-state index in [1.54, 1.807) is 4.68 Å². The number of aryl methyl sites for hydroxylation is 5. The van der Waals surface area contributed by atoms with Crippen molar-refractivity contribution < 1.29 is 9.59 Å². The SMILES string of the molecule is CCc1cccc(CC)c1NC(=O)c1nn(C)c2c1CCc1cnc(Nc3ccc(C(=O)N4CCCN(C)CC4)cc3C)nc1-2. The summed E-state index contributed by atoms with van der Waals surface area (Å²) in [5.74, 6) is 0.324. The third kappa shape index (κ3) is 6.07. The number of rotatable bonds is 7. The lowest BCUT2D eigenvalue weighted by Gasteiger charge is -2.21. The number of nitrogens with one attached hydrogen (secondary N) is 2. The number of anilines is 3. The third-order valence-electron chi connectivity index (χ3n) is 9.06. The van der Waals surface area contributed by atoms with E-state index in [4.69, 9.17) is 4.98 Å². The molecule has 0 atom stereocenters. The fraction of sp³-hybridized carbons (Fsp3) is 0.400. The van der Waals surface area contributed by atoms with Crippen molar-refractivity contribution in [3.63, 3.8) is 0 Å². The first-order chi connectivity index (χ1) is 21.8. The molecule has 2 N–H and O–H groups in total. The number of nitrogens with zero attached hydrogens (tertiary/aromatic N) is 6. The minimum absolute atomic E-state index is 0.0673. The highest BCUT2D eigenvalue weighted by atomic mass is 16.2. The molecule has 1 aliphatic heterocycles. The van der Waals surface area contributed by atoms with Gasteiger partial charge in [0, 0.05) is 55.4 Å². The molecule has 0 spiro atoms. The van der Waals surface area contributed by atoms with Crippen LogP contribution >= 0.6 is 0 Å². The van der Waals surface area contributed by atoms with Crippen LogP contribution in [0.2, 0.25) is 0 Å². The Balaban J connectivity index is 1.24. The summed E-state index contributed by atoms with van der Waals surface area (Å²) in [6, 6.07) is 11.9. The van der Waals surface area contributed by atoms with Gasteiger partial charge in [0.05, 0.1) is 11.4 Å². The molecule has 0 unspecified atom stereocenters. The number of carbonyl (C=O) groups excluding carboxylic acids is 2. The maximum atomic E-state index is 13.6. The van der Waals surface area contributed by atoms with Crippen molar-refractivity contribution in [2.75, 3.05) is 43.9 Å². The third-order valence-corrected chi connectivity index (χ3v) is 9.06. The largest absolute Gasteiger partial charge is 0.337 e. The Labute approximate surface area is 264 Å². The van der Waals surface area contributed by atoms with Crippen molar-refractivity contribution in [1.29, 1.82) is 0 Å². The zero-order valence-corrected chi connectivity index (χ0v) is 26.9. The van der Waals surface area contributed by atoms with E-state index >= 15 is 0 Å². The lowest BCUT2D eigenvalue weighted by molar-refractivity contribution is 0.0762. The zero-order chi connectivity index (χ0) is 31.7. The molecule has 0 bridgehead atoms. The zero-order valence-electron chi connectivity index (χ0n) is 26.9. The Bertz CT molecular complexity index is 1740. The van der Waals surface area contributed by atoms with Gasteiger partial charge in [-0.1, -0.05) is 32.0 Å². The van der Waals surface area contributed by atoms with Crippen LogP contribution in [0.4, 0.5) is 17.3 Å². The summed E-state index contributed by atoms with van der Waals surface area (Å²) in [5.41, 5.74) is 9.56. The number of likely N-dealkylation sites (N-methyl/N-ethyl adjacent to an activating group) is 1. The minimum atomic E-state index is -0.198. The number of fused-ring (bicyclic) bond motifs is 3. The maximum Gasteiger partial charge on any atom is 0.276 e. The van der Waals surface area contributed by atoms with Crippen LogP contribution in [0.5, 0.6) is 0 Å². The first-order valence-electron chi connectivity index (χ1n) is 16.0.